The predicted octanol–water partition coefficient (Wildman–Crippen LogP) is 2.05. The second-order valence-electron chi connectivity index (χ2n) is 9.84. The van der Waals surface area contributed by atoms with Crippen LogP contribution in [0.25, 0.3) is 0 Å². The molecule has 204 valence electrons. The van der Waals surface area contributed by atoms with E-state index < -0.39 is 51.3 Å². The molecule has 0 unspecified atom stereocenters. The van der Waals surface area contributed by atoms with Gasteiger partial charge in [0.15, 0.2) is 0 Å². The number of aliphatic hydroxyl groups is 1. The summed E-state index contributed by atoms with van der Waals surface area (Å²) in [6, 6.07) is 7.41. The van der Waals surface area contributed by atoms with Gasteiger partial charge < -0.3 is 25.4 Å². The Bertz CT molecular complexity index is 1350. The fourth-order valence-corrected chi connectivity index (χ4v) is 7.03. The number of benzene rings is 2. The first-order valence-electron chi connectivity index (χ1n) is 12.3. The summed E-state index contributed by atoms with van der Waals surface area (Å²) >= 11 is 0. The van der Waals surface area contributed by atoms with Gasteiger partial charge in [-0.2, -0.15) is 4.31 Å². The van der Waals surface area contributed by atoms with Crippen molar-refractivity contribution in [3.63, 3.8) is 0 Å². The van der Waals surface area contributed by atoms with Crippen LogP contribution in [-0.2, 0) is 14.8 Å². The second-order valence-corrected chi connectivity index (χ2v) is 11.7. The molecule has 0 bridgehead atoms. The molecule has 38 heavy (non-hydrogen) atoms. The lowest BCUT2D eigenvalue weighted by Crippen LogP contribution is -2.60. The molecule has 0 aromatic heterocycles. The number of anilines is 1. The van der Waals surface area contributed by atoms with Crippen LogP contribution in [0.2, 0.25) is 0 Å². The molecule has 3 aliphatic heterocycles. The lowest BCUT2D eigenvalue weighted by atomic mass is 9.84. The van der Waals surface area contributed by atoms with E-state index in [1.165, 1.54) is 11.0 Å². The molecule has 13 heteroatoms. The molecular weight excluding hydrogens is 522 g/mol. The number of ether oxygens (including phenoxy) is 1. The second kappa shape index (κ2) is 10.1. The topological polar surface area (TPSA) is 128 Å². The number of fused-ring (bicyclic) bond motifs is 2. The molecule has 3 N–H and O–H groups in total. The average molecular weight is 551 g/mol. The third kappa shape index (κ3) is 5.05. The molecule has 3 aliphatic rings. The maximum atomic E-state index is 14.0. The largest absolute Gasteiger partial charge is 0.492 e. The number of urea groups is 1. The van der Waals surface area contributed by atoms with Crippen LogP contribution in [0.1, 0.15) is 25.7 Å². The Hall–Kier alpha value is -3.29. The first-order chi connectivity index (χ1) is 18.1. The van der Waals surface area contributed by atoms with Crippen LogP contribution >= 0.6 is 0 Å². The Morgan fingerprint density at radius 1 is 1.13 bits per heavy atom. The standard InChI is InChI=1S/C25H28F2N4O6S/c26-16-5-6-19(18(27)13-16)28-24(34)30-10-7-25(8-11-30)9-12-37-21-3-1-2-4-22(21)38(35,36)31-15-17(32)14-20(31)23(33)29-25/h1-6,13,17,20,32H,7-12,14-15H2,(H,28,34)(H,29,33)/t17-,20+/m1/s1. The monoisotopic (exact) mass is 550 g/mol. The summed E-state index contributed by atoms with van der Waals surface area (Å²) in [4.78, 5) is 27.6. The van der Waals surface area contributed by atoms with Crippen LogP contribution in [0, 0.1) is 11.6 Å². The summed E-state index contributed by atoms with van der Waals surface area (Å²) in [6.07, 6.45) is -0.00682. The lowest BCUT2D eigenvalue weighted by molar-refractivity contribution is -0.127. The molecule has 3 amide bonds. The van der Waals surface area contributed by atoms with Gasteiger partial charge in [-0.15, -0.1) is 0 Å². The van der Waals surface area contributed by atoms with E-state index in [9.17, 15) is 31.9 Å². The third-order valence-electron chi connectivity index (χ3n) is 7.38. The van der Waals surface area contributed by atoms with Crippen molar-refractivity contribution in [1.29, 1.82) is 0 Å². The van der Waals surface area contributed by atoms with E-state index in [1.54, 1.807) is 18.2 Å². The van der Waals surface area contributed by atoms with Crippen LogP contribution in [-0.4, -0.2) is 78.6 Å². The number of aliphatic hydroxyl groups excluding tert-OH is 1. The molecule has 10 nitrogen and oxygen atoms in total. The molecule has 2 saturated heterocycles. The first-order valence-corrected chi connectivity index (χ1v) is 13.8. The van der Waals surface area contributed by atoms with Crippen molar-refractivity contribution in [2.24, 2.45) is 0 Å². The van der Waals surface area contributed by atoms with Crippen LogP contribution in [0.5, 0.6) is 5.75 Å². The van der Waals surface area contributed by atoms with Gasteiger partial charge in [-0.05, 0) is 37.1 Å². The maximum absolute atomic E-state index is 14.0. The number of likely N-dealkylation sites (tertiary alicyclic amines) is 1. The molecule has 2 atom stereocenters. The van der Waals surface area contributed by atoms with Gasteiger partial charge in [0.25, 0.3) is 0 Å². The molecule has 2 aromatic rings. The van der Waals surface area contributed by atoms with Crippen LogP contribution in [0.4, 0.5) is 19.3 Å². The zero-order chi connectivity index (χ0) is 27.1. The summed E-state index contributed by atoms with van der Waals surface area (Å²) in [5.41, 5.74) is -0.940. The number of rotatable bonds is 1. The Morgan fingerprint density at radius 2 is 1.87 bits per heavy atom. The number of halogens is 2. The minimum absolute atomic E-state index is 0.0397. The minimum Gasteiger partial charge on any atom is -0.492 e. The number of carbonyl (C=O) groups excluding carboxylic acids is 2. The number of amides is 3. The minimum atomic E-state index is -4.13. The van der Waals surface area contributed by atoms with E-state index in [1.807, 2.05) is 0 Å². The third-order valence-corrected chi connectivity index (χ3v) is 9.29. The molecule has 3 heterocycles. The summed E-state index contributed by atoms with van der Waals surface area (Å²) in [5, 5.41) is 15.7. The van der Waals surface area contributed by atoms with E-state index in [0.717, 1.165) is 16.4 Å². The van der Waals surface area contributed by atoms with Crippen LogP contribution in [0.3, 0.4) is 0 Å². The fourth-order valence-electron chi connectivity index (χ4n) is 5.26. The Kier molecular flexibility index (Phi) is 7.01. The zero-order valence-electron chi connectivity index (χ0n) is 20.4. The molecular formula is C25H28F2N4O6S. The summed E-state index contributed by atoms with van der Waals surface area (Å²) in [6.45, 7) is 0.352. The highest BCUT2D eigenvalue weighted by molar-refractivity contribution is 7.89. The predicted molar refractivity (Wildman–Crippen MR) is 132 cm³/mol. The maximum Gasteiger partial charge on any atom is 0.321 e. The molecule has 0 radical (unpaired) electrons. The average Bonchev–Trinajstić information content (AvgIpc) is 3.28. The van der Waals surface area contributed by atoms with Gasteiger partial charge in [0.2, 0.25) is 15.9 Å². The van der Waals surface area contributed by atoms with Crippen molar-refractivity contribution in [2.45, 2.75) is 48.3 Å². The van der Waals surface area contributed by atoms with Crippen molar-refractivity contribution in [2.75, 3.05) is 31.6 Å². The number of piperidine rings is 1. The number of sulfonamides is 1. The van der Waals surface area contributed by atoms with E-state index in [4.69, 9.17) is 4.74 Å². The zero-order valence-corrected chi connectivity index (χ0v) is 21.2. The number of hydrogen-bond donors (Lipinski definition) is 3. The number of nitrogens with zero attached hydrogens (tertiary/aromatic N) is 2. The Morgan fingerprint density at radius 3 is 2.61 bits per heavy atom. The molecule has 0 saturated carbocycles. The van der Waals surface area contributed by atoms with Crippen molar-refractivity contribution >= 4 is 27.6 Å². The molecule has 5 rings (SSSR count). The van der Waals surface area contributed by atoms with Crippen molar-refractivity contribution in [3.8, 4) is 5.75 Å². The van der Waals surface area contributed by atoms with E-state index in [0.29, 0.717) is 25.3 Å². The van der Waals surface area contributed by atoms with Gasteiger partial charge in [-0.25, -0.2) is 22.0 Å². The summed E-state index contributed by atoms with van der Waals surface area (Å²) in [5.74, 6) is -2.00. The van der Waals surface area contributed by atoms with Gasteiger partial charge in [-0.3, -0.25) is 4.79 Å². The van der Waals surface area contributed by atoms with Crippen LogP contribution < -0.4 is 15.4 Å². The number of carbonyl (C=O) groups is 2. The van der Waals surface area contributed by atoms with E-state index in [2.05, 4.69) is 10.6 Å². The highest BCUT2D eigenvalue weighted by Gasteiger charge is 2.47. The summed E-state index contributed by atoms with van der Waals surface area (Å²) in [7, 11) is -4.13. The number of para-hydroxylation sites is 1. The molecule has 1 spiro atoms. The van der Waals surface area contributed by atoms with Crippen molar-refractivity contribution < 1.29 is 36.6 Å². The molecule has 0 aliphatic carbocycles. The number of nitrogens with one attached hydrogen (secondary N) is 2. The highest BCUT2D eigenvalue weighted by atomic mass is 32.2. The van der Waals surface area contributed by atoms with Gasteiger partial charge in [0, 0.05) is 44.1 Å². The quantitative estimate of drug-likeness (QED) is 0.499. The first kappa shape index (κ1) is 26.3. The van der Waals surface area contributed by atoms with Crippen molar-refractivity contribution in [1.82, 2.24) is 14.5 Å². The van der Waals surface area contributed by atoms with Gasteiger partial charge in [-0.1, -0.05) is 12.1 Å². The normalized spacial score (nSPS) is 24.9. The fraction of sp³-hybridized carbons (Fsp3) is 0.440. The van der Waals surface area contributed by atoms with E-state index in [-0.39, 0.29) is 49.0 Å². The van der Waals surface area contributed by atoms with Gasteiger partial charge >= 0.3 is 6.03 Å². The van der Waals surface area contributed by atoms with Gasteiger partial charge in [0.1, 0.15) is 28.3 Å². The van der Waals surface area contributed by atoms with Gasteiger partial charge in [0.05, 0.1) is 18.4 Å². The Balaban J connectivity index is 1.35. The van der Waals surface area contributed by atoms with Crippen molar-refractivity contribution in [3.05, 3.63) is 54.1 Å². The molecule has 2 fully saturated rings. The van der Waals surface area contributed by atoms with E-state index >= 15 is 0 Å². The molecule has 2 aromatic carbocycles. The SMILES string of the molecule is O=C1NC2(CCOc3ccccc3S(=O)(=O)N3C[C@H](O)C[C@@H]13)CCN(C(=O)Nc1ccc(F)cc1F)CC2. The lowest BCUT2D eigenvalue weighted by Gasteiger charge is -2.43. The van der Waals surface area contributed by atoms with Crippen LogP contribution in [0.15, 0.2) is 47.4 Å². The summed E-state index contributed by atoms with van der Waals surface area (Å²) < 4.78 is 61.0. The Labute approximate surface area is 218 Å². The smallest absolute Gasteiger partial charge is 0.321 e. The number of hydrogen-bond acceptors (Lipinski definition) is 6. The highest BCUT2D eigenvalue weighted by Crippen LogP contribution is 2.35.